The van der Waals surface area contributed by atoms with Gasteiger partial charge in [-0.2, -0.15) is 11.3 Å². The second kappa shape index (κ2) is 7.74. The summed E-state index contributed by atoms with van der Waals surface area (Å²) in [5.74, 6) is -0.252. The highest BCUT2D eigenvalue weighted by Crippen LogP contribution is 2.11. The topological polar surface area (TPSA) is 49.4 Å². The van der Waals surface area contributed by atoms with Gasteiger partial charge >= 0.3 is 0 Å². The predicted octanol–water partition coefficient (Wildman–Crippen LogP) is 2.18. The van der Waals surface area contributed by atoms with E-state index in [1.54, 1.807) is 22.3 Å². The van der Waals surface area contributed by atoms with E-state index >= 15 is 0 Å². The van der Waals surface area contributed by atoms with Crippen LogP contribution in [0.15, 0.2) is 29.5 Å². The van der Waals surface area contributed by atoms with Crippen LogP contribution in [0.2, 0.25) is 0 Å². The van der Waals surface area contributed by atoms with Crippen LogP contribution in [0.1, 0.15) is 25.8 Å². The van der Waals surface area contributed by atoms with Crippen molar-refractivity contribution < 1.29 is 9.59 Å². The predicted molar refractivity (Wildman–Crippen MR) is 77.8 cm³/mol. The van der Waals surface area contributed by atoms with Crippen molar-refractivity contribution in [2.75, 3.05) is 6.54 Å². The molecule has 0 aliphatic rings. The Hall–Kier alpha value is -1.62. The molecular weight excluding hydrogens is 260 g/mol. The van der Waals surface area contributed by atoms with E-state index in [0.717, 1.165) is 5.56 Å². The molecule has 1 heterocycles. The van der Waals surface area contributed by atoms with Gasteiger partial charge in [0.1, 0.15) is 6.04 Å². The Morgan fingerprint density at radius 3 is 2.79 bits per heavy atom. The average Bonchev–Trinajstić information content (AvgIpc) is 2.87. The molecule has 0 spiro atoms. The second-order valence-electron chi connectivity index (χ2n) is 4.30. The van der Waals surface area contributed by atoms with Crippen molar-refractivity contribution in [3.05, 3.63) is 35.0 Å². The Morgan fingerprint density at radius 2 is 2.32 bits per heavy atom. The zero-order valence-corrected chi connectivity index (χ0v) is 12.2. The first-order valence-corrected chi connectivity index (χ1v) is 7.20. The van der Waals surface area contributed by atoms with E-state index in [9.17, 15) is 9.59 Å². The first kappa shape index (κ1) is 15.4. The molecule has 19 heavy (non-hydrogen) atoms. The third-order valence-electron chi connectivity index (χ3n) is 2.70. The largest absolute Gasteiger partial charge is 0.345 e. The van der Waals surface area contributed by atoms with Gasteiger partial charge in [0.25, 0.3) is 0 Å². The van der Waals surface area contributed by atoms with Gasteiger partial charge in [0.05, 0.1) is 0 Å². The van der Waals surface area contributed by atoms with Gasteiger partial charge in [0.15, 0.2) is 0 Å². The number of hydrogen-bond donors (Lipinski definition) is 1. The fourth-order valence-electron chi connectivity index (χ4n) is 1.80. The molecular formula is C14H20N2O2S. The van der Waals surface area contributed by atoms with E-state index < -0.39 is 6.04 Å². The first-order chi connectivity index (χ1) is 9.08. The molecule has 1 aromatic heterocycles. The Kier molecular flexibility index (Phi) is 6.29. The number of hydrogen-bond acceptors (Lipinski definition) is 3. The molecule has 1 rings (SSSR count). The molecule has 0 radical (unpaired) electrons. The Labute approximate surface area is 118 Å². The summed E-state index contributed by atoms with van der Waals surface area (Å²) in [6, 6.07) is 1.53. The molecule has 1 atom stereocenters. The summed E-state index contributed by atoms with van der Waals surface area (Å²) < 4.78 is 0. The van der Waals surface area contributed by atoms with E-state index in [2.05, 4.69) is 11.9 Å². The number of amides is 2. The quantitative estimate of drug-likeness (QED) is 0.778. The molecule has 104 valence electrons. The van der Waals surface area contributed by atoms with Crippen molar-refractivity contribution >= 4 is 23.2 Å². The zero-order valence-electron chi connectivity index (χ0n) is 11.4. The molecule has 2 amide bonds. The van der Waals surface area contributed by atoms with Gasteiger partial charge < -0.3 is 10.2 Å². The normalized spacial score (nSPS) is 11.7. The van der Waals surface area contributed by atoms with Crippen LogP contribution in [0.5, 0.6) is 0 Å². The molecule has 4 nitrogen and oxygen atoms in total. The molecule has 0 bridgehead atoms. The molecule has 5 heteroatoms. The van der Waals surface area contributed by atoms with E-state index in [0.29, 0.717) is 19.5 Å². The molecule has 0 saturated carbocycles. The third kappa shape index (κ3) is 4.87. The van der Waals surface area contributed by atoms with Crippen molar-refractivity contribution in [2.45, 2.75) is 32.9 Å². The van der Waals surface area contributed by atoms with Gasteiger partial charge in [-0.05, 0) is 28.8 Å². The minimum Gasteiger partial charge on any atom is -0.345 e. The van der Waals surface area contributed by atoms with Crippen molar-refractivity contribution in [3.8, 4) is 0 Å². The van der Waals surface area contributed by atoms with Gasteiger partial charge in [-0.15, -0.1) is 6.58 Å². The van der Waals surface area contributed by atoms with E-state index in [1.165, 1.54) is 6.92 Å². The van der Waals surface area contributed by atoms with Crippen molar-refractivity contribution in [3.63, 3.8) is 0 Å². The third-order valence-corrected chi connectivity index (χ3v) is 3.43. The van der Waals surface area contributed by atoms with Crippen LogP contribution in [0.4, 0.5) is 0 Å². The monoisotopic (exact) mass is 280 g/mol. The van der Waals surface area contributed by atoms with Gasteiger partial charge in [0, 0.05) is 20.0 Å². The molecule has 0 aromatic carbocycles. The molecule has 1 N–H and O–H groups in total. The lowest BCUT2D eigenvalue weighted by atomic mass is 10.1. The number of thiophene rings is 1. The van der Waals surface area contributed by atoms with E-state index in [-0.39, 0.29) is 11.8 Å². The van der Waals surface area contributed by atoms with Gasteiger partial charge in [-0.1, -0.05) is 13.0 Å². The highest BCUT2D eigenvalue weighted by atomic mass is 32.1. The van der Waals surface area contributed by atoms with Gasteiger partial charge in [-0.25, -0.2) is 0 Å². The van der Waals surface area contributed by atoms with Crippen LogP contribution in [-0.2, 0) is 16.1 Å². The molecule has 0 aliphatic carbocycles. The average molecular weight is 280 g/mol. The maximum Gasteiger partial charge on any atom is 0.245 e. The Morgan fingerprint density at radius 1 is 1.58 bits per heavy atom. The van der Waals surface area contributed by atoms with Crippen LogP contribution >= 0.6 is 11.3 Å². The van der Waals surface area contributed by atoms with Crippen molar-refractivity contribution in [1.29, 1.82) is 0 Å². The Balaban J connectivity index is 2.75. The lowest BCUT2D eigenvalue weighted by molar-refractivity contribution is -0.136. The summed E-state index contributed by atoms with van der Waals surface area (Å²) >= 11 is 1.60. The Bertz CT molecular complexity index is 429. The van der Waals surface area contributed by atoms with Gasteiger partial charge in [0.2, 0.25) is 11.8 Å². The number of rotatable bonds is 7. The molecule has 0 saturated heterocycles. The van der Waals surface area contributed by atoms with Crippen LogP contribution in [0.3, 0.4) is 0 Å². The zero-order chi connectivity index (χ0) is 14.3. The summed E-state index contributed by atoms with van der Waals surface area (Å²) in [5.41, 5.74) is 1.10. The van der Waals surface area contributed by atoms with Crippen LogP contribution in [-0.4, -0.2) is 29.3 Å². The maximum absolute atomic E-state index is 12.4. The highest BCUT2D eigenvalue weighted by molar-refractivity contribution is 7.07. The number of carbonyl (C=O) groups excluding carboxylic acids is 2. The maximum atomic E-state index is 12.4. The minimum absolute atomic E-state index is 0.0659. The first-order valence-electron chi connectivity index (χ1n) is 6.26. The number of nitrogens with zero attached hydrogens (tertiary/aromatic N) is 1. The molecule has 0 aliphatic heterocycles. The van der Waals surface area contributed by atoms with Crippen molar-refractivity contribution in [1.82, 2.24) is 10.2 Å². The number of nitrogens with one attached hydrogen (secondary N) is 1. The highest BCUT2D eigenvalue weighted by Gasteiger charge is 2.23. The van der Waals surface area contributed by atoms with E-state index in [4.69, 9.17) is 0 Å². The summed E-state index contributed by atoms with van der Waals surface area (Å²) in [7, 11) is 0. The van der Waals surface area contributed by atoms with E-state index in [1.807, 2.05) is 23.8 Å². The lowest BCUT2D eigenvalue weighted by Crippen LogP contribution is -2.47. The van der Waals surface area contributed by atoms with Crippen LogP contribution in [0.25, 0.3) is 0 Å². The smallest absolute Gasteiger partial charge is 0.245 e. The molecule has 0 fully saturated rings. The standard InChI is InChI=1S/C14H20N2O2S/c1-4-7-16(9-12-6-8-19-10-12)14(18)13(5-2)15-11(3)17/h4,6,8,10,13H,1,5,7,9H2,2-3H3,(H,15,17). The molecule has 1 aromatic rings. The summed E-state index contributed by atoms with van der Waals surface area (Å²) in [5, 5.41) is 6.69. The number of carbonyl (C=O) groups is 2. The van der Waals surface area contributed by atoms with Gasteiger partial charge in [-0.3, -0.25) is 9.59 Å². The minimum atomic E-state index is -0.462. The second-order valence-corrected chi connectivity index (χ2v) is 5.08. The SMILES string of the molecule is C=CCN(Cc1ccsc1)C(=O)C(CC)NC(C)=O. The van der Waals surface area contributed by atoms with Crippen LogP contribution < -0.4 is 5.32 Å². The summed E-state index contributed by atoms with van der Waals surface area (Å²) in [6.07, 6.45) is 2.28. The fraction of sp³-hybridized carbons (Fsp3) is 0.429. The summed E-state index contributed by atoms with van der Waals surface area (Å²) in [6.45, 7) is 8.01. The fourth-order valence-corrected chi connectivity index (χ4v) is 2.46. The molecule has 1 unspecified atom stereocenters. The lowest BCUT2D eigenvalue weighted by Gasteiger charge is -2.26. The van der Waals surface area contributed by atoms with Crippen LogP contribution in [0, 0.1) is 0 Å². The summed E-state index contributed by atoms with van der Waals surface area (Å²) in [4.78, 5) is 25.2. The van der Waals surface area contributed by atoms with Crippen molar-refractivity contribution in [2.24, 2.45) is 0 Å².